The lowest BCUT2D eigenvalue weighted by Crippen LogP contribution is -2.30. The standard InChI is InChI=1S/C34H26B2N2O/c35-34(36,39)33-37-29-16-8-9-17-30(29)38(33)32-27-14-6-4-12-25(27)31(26-13-5-7-15-28(26)32)24-20-18-23(19-21-24)22-10-2-1-3-11-22/h1-21,39H,35-36H2. The predicted molar refractivity (Wildman–Crippen MR) is 168 cm³/mol. The number of hydrogen-bond donors (Lipinski definition) is 1. The first-order valence-electron chi connectivity index (χ1n) is 13.3. The molecule has 0 fully saturated rings. The van der Waals surface area contributed by atoms with Crippen molar-refractivity contribution >= 4 is 48.3 Å². The van der Waals surface area contributed by atoms with Crippen molar-refractivity contribution in [1.82, 2.24) is 9.55 Å². The van der Waals surface area contributed by atoms with Gasteiger partial charge in [0.2, 0.25) is 0 Å². The molecular weight excluding hydrogens is 474 g/mol. The van der Waals surface area contributed by atoms with Crippen LogP contribution in [0.4, 0.5) is 0 Å². The Balaban J connectivity index is 1.57. The van der Waals surface area contributed by atoms with Gasteiger partial charge in [-0.3, -0.25) is 4.57 Å². The molecule has 0 atom stereocenters. The Morgan fingerprint density at radius 1 is 0.538 bits per heavy atom. The molecule has 1 heterocycles. The molecule has 0 aliphatic carbocycles. The molecule has 7 rings (SSSR count). The van der Waals surface area contributed by atoms with Crippen LogP contribution in [-0.2, 0) is 5.40 Å². The fourth-order valence-electron chi connectivity index (χ4n) is 5.78. The third-order valence-corrected chi connectivity index (χ3v) is 7.52. The van der Waals surface area contributed by atoms with Gasteiger partial charge in [0, 0.05) is 10.8 Å². The summed E-state index contributed by atoms with van der Waals surface area (Å²) in [7, 11) is 3.61. The fraction of sp³-hybridized carbons (Fsp3) is 0.0294. The van der Waals surface area contributed by atoms with E-state index in [4.69, 9.17) is 4.98 Å². The van der Waals surface area contributed by atoms with Gasteiger partial charge in [-0.1, -0.05) is 115 Å². The van der Waals surface area contributed by atoms with Crippen LogP contribution >= 0.6 is 0 Å². The first kappa shape index (κ1) is 23.5. The summed E-state index contributed by atoms with van der Waals surface area (Å²) >= 11 is 0. The minimum Gasteiger partial charge on any atom is -0.400 e. The Labute approximate surface area is 229 Å². The van der Waals surface area contributed by atoms with Crippen molar-refractivity contribution in [1.29, 1.82) is 0 Å². The van der Waals surface area contributed by atoms with E-state index >= 15 is 0 Å². The molecule has 7 aromatic rings. The third-order valence-electron chi connectivity index (χ3n) is 7.52. The number of rotatable bonds is 4. The molecule has 0 saturated carbocycles. The zero-order valence-electron chi connectivity index (χ0n) is 22.0. The molecule has 1 N–H and O–H groups in total. The van der Waals surface area contributed by atoms with E-state index in [0.717, 1.165) is 38.3 Å². The summed E-state index contributed by atoms with van der Waals surface area (Å²) in [6.07, 6.45) is 0. The normalized spacial score (nSPS) is 11.9. The summed E-state index contributed by atoms with van der Waals surface area (Å²) < 4.78 is 2.16. The van der Waals surface area contributed by atoms with Gasteiger partial charge >= 0.3 is 0 Å². The maximum Gasteiger partial charge on any atom is 0.141 e. The van der Waals surface area contributed by atoms with Crippen LogP contribution in [0.25, 0.3) is 60.5 Å². The topological polar surface area (TPSA) is 38.1 Å². The van der Waals surface area contributed by atoms with Crippen molar-refractivity contribution in [3.05, 3.63) is 133 Å². The highest BCUT2D eigenvalue weighted by Gasteiger charge is 2.28. The molecule has 0 aliphatic heterocycles. The lowest BCUT2D eigenvalue weighted by molar-refractivity contribution is 0.205. The smallest absolute Gasteiger partial charge is 0.141 e. The highest BCUT2D eigenvalue weighted by molar-refractivity contribution is 6.38. The largest absolute Gasteiger partial charge is 0.400 e. The van der Waals surface area contributed by atoms with Gasteiger partial charge < -0.3 is 5.11 Å². The monoisotopic (exact) mass is 500 g/mol. The molecular formula is C34H26B2N2O. The molecule has 0 aliphatic rings. The van der Waals surface area contributed by atoms with E-state index in [-0.39, 0.29) is 0 Å². The Morgan fingerprint density at radius 3 is 1.64 bits per heavy atom. The quantitative estimate of drug-likeness (QED) is 0.237. The van der Waals surface area contributed by atoms with Crippen molar-refractivity contribution in [3.63, 3.8) is 0 Å². The van der Waals surface area contributed by atoms with E-state index in [9.17, 15) is 5.11 Å². The second-order valence-corrected chi connectivity index (χ2v) is 10.6. The van der Waals surface area contributed by atoms with E-state index in [1.165, 1.54) is 22.3 Å². The molecule has 6 aromatic carbocycles. The van der Waals surface area contributed by atoms with Crippen LogP contribution in [0.3, 0.4) is 0 Å². The molecule has 0 saturated heterocycles. The van der Waals surface area contributed by atoms with Crippen LogP contribution < -0.4 is 0 Å². The number of imidazole rings is 1. The maximum absolute atomic E-state index is 11.2. The number of fused-ring (bicyclic) bond motifs is 3. The number of nitrogens with zero attached hydrogens (tertiary/aromatic N) is 2. The summed E-state index contributed by atoms with van der Waals surface area (Å²) in [4.78, 5) is 4.91. The molecule has 5 heteroatoms. The number of benzene rings is 6. The van der Waals surface area contributed by atoms with Crippen LogP contribution in [0.5, 0.6) is 0 Å². The van der Waals surface area contributed by atoms with Crippen LogP contribution in [0, 0.1) is 0 Å². The van der Waals surface area contributed by atoms with E-state index < -0.39 is 5.40 Å². The van der Waals surface area contributed by atoms with E-state index in [0.29, 0.717) is 5.82 Å². The van der Waals surface area contributed by atoms with Crippen molar-refractivity contribution in [2.45, 2.75) is 5.40 Å². The molecule has 1 aromatic heterocycles. The number of aliphatic hydroxyl groups is 1. The number of para-hydroxylation sites is 2. The maximum atomic E-state index is 11.2. The van der Waals surface area contributed by atoms with Crippen molar-refractivity contribution in [3.8, 4) is 27.9 Å². The van der Waals surface area contributed by atoms with Crippen LogP contribution in [-0.4, -0.2) is 30.4 Å². The summed E-state index contributed by atoms with van der Waals surface area (Å²) in [5.74, 6) is 0.624. The summed E-state index contributed by atoms with van der Waals surface area (Å²) in [5.41, 5.74) is 7.67. The highest BCUT2D eigenvalue weighted by atomic mass is 16.3. The first-order valence-corrected chi connectivity index (χ1v) is 13.3. The Morgan fingerprint density at radius 2 is 1.03 bits per heavy atom. The van der Waals surface area contributed by atoms with Gasteiger partial charge in [-0.05, 0) is 45.2 Å². The lowest BCUT2D eigenvalue weighted by atomic mass is 9.65. The molecule has 0 spiro atoms. The third kappa shape index (κ3) is 3.86. The van der Waals surface area contributed by atoms with Gasteiger partial charge in [0.05, 0.1) is 22.1 Å². The van der Waals surface area contributed by atoms with Crippen molar-refractivity contribution in [2.75, 3.05) is 0 Å². The molecule has 0 radical (unpaired) electrons. The second-order valence-electron chi connectivity index (χ2n) is 10.6. The predicted octanol–water partition coefficient (Wildman–Crippen LogP) is 6.03. The fourth-order valence-corrected chi connectivity index (χ4v) is 5.78. The summed E-state index contributed by atoms with van der Waals surface area (Å²) in [6.45, 7) is 0. The molecule has 0 bridgehead atoms. The SMILES string of the molecule is BC(B)(O)c1nc2ccccc2n1-c1c2ccccc2c(-c2ccc(-c3ccccc3)cc2)c2ccccc12. The summed E-state index contributed by atoms with van der Waals surface area (Å²) in [5, 5.41) is 14.7. The van der Waals surface area contributed by atoms with Crippen LogP contribution in [0.1, 0.15) is 5.82 Å². The van der Waals surface area contributed by atoms with Gasteiger partial charge in [0.1, 0.15) is 21.5 Å². The average Bonchev–Trinajstić information content (AvgIpc) is 3.36. The Hall–Kier alpha value is -4.60. The van der Waals surface area contributed by atoms with E-state index in [1.54, 1.807) is 15.7 Å². The molecule has 0 amide bonds. The minimum absolute atomic E-state index is 0.624. The van der Waals surface area contributed by atoms with Gasteiger partial charge in [0.15, 0.2) is 0 Å². The average molecular weight is 500 g/mol. The Bertz CT molecular complexity index is 1930. The van der Waals surface area contributed by atoms with Gasteiger partial charge in [0.25, 0.3) is 0 Å². The number of hydrogen-bond acceptors (Lipinski definition) is 2. The number of aromatic nitrogens is 2. The lowest BCUT2D eigenvalue weighted by Gasteiger charge is -2.23. The zero-order valence-corrected chi connectivity index (χ0v) is 22.0. The van der Waals surface area contributed by atoms with Crippen LogP contribution in [0.2, 0.25) is 0 Å². The van der Waals surface area contributed by atoms with E-state index in [1.807, 2.05) is 24.3 Å². The highest BCUT2D eigenvalue weighted by Crippen LogP contribution is 2.43. The minimum atomic E-state index is -1.13. The van der Waals surface area contributed by atoms with Crippen molar-refractivity contribution < 1.29 is 5.11 Å². The Kier molecular flexibility index (Phi) is 5.43. The van der Waals surface area contributed by atoms with Gasteiger partial charge in [-0.25, -0.2) is 4.98 Å². The van der Waals surface area contributed by atoms with Crippen molar-refractivity contribution in [2.24, 2.45) is 0 Å². The summed E-state index contributed by atoms with van der Waals surface area (Å²) in [6, 6.07) is 44.6. The first-order chi connectivity index (χ1) is 19.0. The van der Waals surface area contributed by atoms with E-state index in [2.05, 4.69) is 108 Å². The van der Waals surface area contributed by atoms with Crippen LogP contribution in [0.15, 0.2) is 127 Å². The zero-order chi connectivity index (χ0) is 26.6. The van der Waals surface area contributed by atoms with Gasteiger partial charge in [-0.2, -0.15) is 0 Å². The van der Waals surface area contributed by atoms with Gasteiger partial charge in [-0.15, -0.1) is 0 Å². The molecule has 0 unspecified atom stereocenters. The molecule has 184 valence electrons. The molecule has 39 heavy (non-hydrogen) atoms. The molecule has 3 nitrogen and oxygen atoms in total. The second kappa shape index (κ2) is 9.00.